The lowest BCUT2D eigenvalue weighted by Gasteiger charge is -2.18. The highest BCUT2D eigenvalue weighted by atomic mass is 32.1. The molecule has 0 unspecified atom stereocenters. The van der Waals surface area contributed by atoms with Crippen LogP contribution in [-0.4, -0.2) is 0 Å². The first-order valence-corrected chi connectivity index (χ1v) is 14.5. The highest BCUT2D eigenvalue weighted by molar-refractivity contribution is 7.25. The van der Waals surface area contributed by atoms with Gasteiger partial charge in [-0.1, -0.05) is 84.9 Å². The predicted octanol–water partition coefficient (Wildman–Crippen LogP) is 10.7. The number of nitrogens with zero attached hydrogens (tertiary/aromatic N) is 2. The second-order valence-electron chi connectivity index (χ2n) is 10.3. The topological polar surface area (TPSA) is 60.7 Å². The van der Waals surface area contributed by atoms with Crippen molar-refractivity contribution in [3.8, 4) is 45.5 Å². The van der Waals surface area contributed by atoms with Gasteiger partial charge in [-0.05, 0) is 53.1 Å². The number of nitriles is 2. The van der Waals surface area contributed by atoms with Gasteiger partial charge >= 0.3 is 0 Å². The minimum Gasteiger partial charge on any atom is -0.456 e. The smallest absolute Gasteiger partial charge is 0.136 e. The summed E-state index contributed by atoms with van der Waals surface area (Å²) in [5.74, 6) is 0. The van der Waals surface area contributed by atoms with Crippen LogP contribution in [0.4, 0.5) is 0 Å². The van der Waals surface area contributed by atoms with E-state index in [4.69, 9.17) is 4.42 Å². The first-order valence-electron chi connectivity index (χ1n) is 13.6. The van der Waals surface area contributed by atoms with Gasteiger partial charge in [0.25, 0.3) is 0 Å². The summed E-state index contributed by atoms with van der Waals surface area (Å²) in [4.78, 5) is 0. The summed E-state index contributed by atoms with van der Waals surface area (Å²) in [5.41, 5.74) is 7.33. The van der Waals surface area contributed by atoms with Gasteiger partial charge in [0.1, 0.15) is 23.3 Å². The standard InChI is InChI=1S/C38H20N2OS/c39-21-31-28(23-9-2-1-3-10-23)20-29(24-17-18-36-30(19-24)25-11-5-7-16-35(25)42-36)32(22-40)37(31)27-13-8-15-34-38(27)26-12-4-6-14-33(26)41-34/h1-20H. The van der Waals surface area contributed by atoms with Crippen molar-refractivity contribution < 1.29 is 4.42 Å². The fourth-order valence-electron chi connectivity index (χ4n) is 6.13. The molecule has 0 saturated carbocycles. The summed E-state index contributed by atoms with van der Waals surface area (Å²) in [6, 6.07) is 45.6. The van der Waals surface area contributed by atoms with Gasteiger partial charge in [0.15, 0.2) is 0 Å². The molecular formula is C38H20N2OS. The fraction of sp³-hybridized carbons (Fsp3) is 0. The number of benzene rings is 6. The molecular weight excluding hydrogens is 532 g/mol. The van der Waals surface area contributed by atoms with Crippen LogP contribution < -0.4 is 0 Å². The third kappa shape index (κ3) is 3.57. The Kier molecular flexibility index (Phi) is 5.44. The summed E-state index contributed by atoms with van der Waals surface area (Å²) in [7, 11) is 0. The molecule has 2 heterocycles. The minimum absolute atomic E-state index is 0.473. The van der Waals surface area contributed by atoms with Crippen molar-refractivity contribution in [3.05, 3.63) is 132 Å². The van der Waals surface area contributed by atoms with Gasteiger partial charge in [0.05, 0.1) is 11.1 Å². The van der Waals surface area contributed by atoms with Gasteiger partial charge in [0.2, 0.25) is 0 Å². The molecule has 0 radical (unpaired) electrons. The third-order valence-corrected chi connectivity index (χ3v) is 9.15. The van der Waals surface area contributed by atoms with E-state index >= 15 is 0 Å². The van der Waals surface area contributed by atoms with E-state index in [0.29, 0.717) is 16.7 Å². The van der Waals surface area contributed by atoms with Crippen molar-refractivity contribution in [2.75, 3.05) is 0 Å². The molecule has 6 aromatic carbocycles. The first-order chi connectivity index (χ1) is 20.7. The Labute approximate surface area is 245 Å². The van der Waals surface area contributed by atoms with E-state index in [0.717, 1.165) is 55.1 Å². The van der Waals surface area contributed by atoms with Crippen molar-refractivity contribution in [2.45, 2.75) is 0 Å². The lowest BCUT2D eigenvalue weighted by atomic mass is 9.83. The summed E-state index contributed by atoms with van der Waals surface area (Å²) >= 11 is 1.77. The maximum Gasteiger partial charge on any atom is 0.136 e. The van der Waals surface area contributed by atoms with Crippen molar-refractivity contribution in [1.29, 1.82) is 10.5 Å². The van der Waals surface area contributed by atoms with Gasteiger partial charge in [-0.25, -0.2) is 0 Å². The average molecular weight is 553 g/mol. The van der Waals surface area contributed by atoms with Crippen LogP contribution in [-0.2, 0) is 0 Å². The molecule has 0 spiro atoms. The van der Waals surface area contributed by atoms with Gasteiger partial charge < -0.3 is 4.42 Å². The van der Waals surface area contributed by atoms with Gasteiger partial charge in [-0.3, -0.25) is 0 Å². The Balaban J connectivity index is 1.52. The lowest BCUT2D eigenvalue weighted by Crippen LogP contribution is -1.98. The second kappa shape index (κ2) is 9.46. The molecule has 8 aromatic rings. The largest absolute Gasteiger partial charge is 0.456 e. The highest BCUT2D eigenvalue weighted by Crippen LogP contribution is 2.46. The summed E-state index contributed by atoms with van der Waals surface area (Å²) in [6.45, 7) is 0. The van der Waals surface area contributed by atoms with Crippen molar-refractivity contribution in [1.82, 2.24) is 0 Å². The van der Waals surface area contributed by atoms with Crippen molar-refractivity contribution in [3.63, 3.8) is 0 Å². The van der Waals surface area contributed by atoms with E-state index in [-0.39, 0.29) is 0 Å². The van der Waals surface area contributed by atoms with E-state index < -0.39 is 0 Å². The zero-order valence-electron chi connectivity index (χ0n) is 22.3. The second-order valence-corrected chi connectivity index (χ2v) is 11.4. The van der Waals surface area contributed by atoms with Gasteiger partial charge in [-0.2, -0.15) is 10.5 Å². The lowest BCUT2D eigenvalue weighted by molar-refractivity contribution is 0.669. The van der Waals surface area contributed by atoms with E-state index in [1.807, 2.05) is 78.9 Å². The summed E-state index contributed by atoms with van der Waals surface area (Å²) in [6.07, 6.45) is 0. The molecule has 0 saturated heterocycles. The van der Waals surface area contributed by atoms with Crippen molar-refractivity contribution in [2.24, 2.45) is 0 Å². The molecule has 3 nitrogen and oxygen atoms in total. The highest BCUT2D eigenvalue weighted by Gasteiger charge is 2.24. The number of rotatable bonds is 3. The number of hydrogen-bond acceptors (Lipinski definition) is 4. The zero-order valence-corrected chi connectivity index (χ0v) is 23.1. The Hall–Kier alpha value is -5.68. The van der Waals surface area contributed by atoms with Crippen LogP contribution in [0.2, 0.25) is 0 Å². The molecule has 0 aliphatic carbocycles. The number of thiophene rings is 1. The predicted molar refractivity (Wildman–Crippen MR) is 172 cm³/mol. The molecule has 8 rings (SSSR count). The van der Waals surface area contributed by atoms with Crippen LogP contribution in [0.15, 0.2) is 126 Å². The third-order valence-electron chi connectivity index (χ3n) is 8.00. The Morgan fingerprint density at radius 1 is 0.500 bits per heavy atom. The van der Waals surface area contributed by atoms with Crippen LogP contribution in [0.25, 0.3) is 75.5 Å². The average Bonchev–Trinajstić information content (AvgIpc) is 3.62. The maximum atomic E-state index is 10.8. The molecule has 194 valence electrons. The molecule has 0 N–H and O–H groups in total. The normalized spacial score (nSPS) is 11.3. The molecule has 4 heteroatoms. The number of fused-ring (bicyclic) bond motifs is 6. The molecule has 2 aromatic heterocycles. The summed E-state index contributed by atoms with van der Waals surface area (Å²) in [5, 5.41) is 25.7. The molecule has 0 fully saturated rings. The molecule has 0 aliphatic heterocycles. The number of hydrogen-bond donors (Lipinski definition) is 0. The van der Waals surface area contributed by atoms with E-state index in [1.165, 1.54) is 14.8 Å². The SMILES string of the molecule is N#Cc1c(-c2ccccc2)cc(-c2ccc3sc4ccccc4c3c2)c(C#N)c1-c1cccc2oc3ccccc3c12. The van der Waals surface area contributed by atoms with Crippen LogP contribution >= 0.6 is 11.3 Å². The zero-order chi connectivity index (χ0) is 28.2. The Morgan fingerprint density at radius 2 is 1.17 bits per heavy atom. The minimum atomic E-state index is 0.473. The molecule has 0 atom stereocenters. The quantitative estimate of drug-likeness (QED) is 0.219. The van der Waals surface area contributed by atoms with Gasteiger partial charge in [-0.15, -0.1) is 11.3 Å². The van der Waals surface area contributed by atoms with E-state index in [1.54, 1.807) is 11.3 Å². The van der Waals surface area contributed by atoms with E-state index in [2.05, 4.69) is 54.6 Å². The summed E-state index contributed by atoms with van der Waals surface area (Å²) < 4.78 is 8.64. The maximum absolute atomic E-state index is 10.8. The van der Waals surface area contributed by atoms with Crippen LogP contribution in [0.3, 0.4) is 0 Å². The molecule has 42 heavy (non-hydrogen) atoms. The van der Waals surface area contributed by atoms with Gasteiger partial charge in [0, 0.05) is 47.6 Å². The Morgan fingerprint density at radius 3 is 1.98 bits per heavy atom. The number of furan rings is 1. The number of para-hydroxylation sites is 1. The van der Waals surface area contributed by atoms with E-state index in [9.17, 15) is 10.5 Å². The van der Waals surface area contributed by atoms with Crippen molar-refractivity contribution >= 4 is 53.4 Å². The Bertz CT molecular complexity index is 2430. The fourth-order valence-corrected chi connectivity index (χ4v) is 7.22. The van der Waals surface area contributed by atoms with Crippen LogP contribution in [0.5, 0.6) is 0 Å². The molecule has 0 bridgehead atoms. The molecule has 0 amide bonds. The molecule has 0 aliphatic rings. The first kappa shape index (κ1) is 24.1. The van der Waals surface area contributed by atoms with Crippen LogP contribution in [0, 0.1) is 22.7 Å². The monoisotopic (exact) mass is 552 g/mol. The van der Waals surface area contributed by atoms with Crippen LogP contribution in [0.1, 0.15) is 11.1 Å².